The molecule has 0 spiro atoms. The number of guanidine groups is 1. The van der Waals surface area contributed by atoms with Gasteiger partial charge in [-0.1, -0.05) is 36.8 Å². The second kappa shape index (κ2) is 10.7. The van der Waals surface area contributed by atoms with Crippen molar-refractivity contribution in [2.24, 2.45) is 4.99 Å². The number of benzene rings is 1. The largest absolute Gasteiger partial charge is 0.357 e. The summed E-state index contributed by atoms with van der Waals surface area (Å²) in [5.41, 5.74) is 2.42. The Hall–Kier alpha value is -2.04. The number of amides is 1. The molecule has 0 radical (unpaired) electrons. The summed E-state index contributed by atoms with van der Waals surface area (Å²) < 4.78 is 0. The number of aryl methyl sites for hydroxylation is 1. The molecule has 0 fully saturated rings. The number of carbonyl (C=O) groups is 1. The monoisotopic (exact) mass is 304 g/mol. The second-order valence-electron chi connectivity index (χ2n) is 5.21. The van der Waals surface area contributed by atoms with Crippen molar-refractivity contribution in [3.63, 3.8) is 0 Å². The summed E-state index contributed by atoms with van der Waals surface area (Å²) in [6, 6.07) is 8.34. The highest BCUT2D eigenvalue weighted by Crippen LogP contribution is 2.04. The molecular formula is C17H28N4O. The van der Waals surface area contributed by atoms with Gasteiger partial charge in [0.2, 0.25) is 5.91 Å². The normalized spacial score (nSPS) is 11.1. The molecule has 0 saturated carbocycles. The second-order valence-corrected chi connectivity index (χ2v) is 5.21. The highest BCUT2D eigenvalue weighted by atomic mass is 16.1. The van der Waals surface area contributed by atoms with Crippen molar-refractivity contribution in [2.75, 3.05) is 19.6 Å². The van der Waals surface area contributed by atoms with E-state index in [1.165, 1.54) is 11.1 Å². The van der Waals surface area contributed by atoms with Crippen LogP contribution in [0.4, 0.5) is 0 Å². The SMILES string of the molecule is CCCNC(=O)CCNC(=NCc1ccc(C)cc1)NCC. The average molecular weight is 304 g/mol. The number of nitrogens with zero attached hydrogens (tertiary/aromatic N) is 1. The summed E-state index contributed by atoms with van der Waals surface area (Å²) in [5, 5.41) is 9.24. The van der Waals surface area contributed by atoms with Gasteiger partial charge in [-0.2, -0.15) is 0 Å². The summed E-state index contributed by atoms with van der Waals surface area (Å²) >= 11 is 0. The lowest BCUT2D eigenvalue weighted by atomic mass is 10.1. The zero-order chi connectivity index (χ0) is 16.2. The summed E-state index contributed by atoms with van der Waals surface area (Å²) in [5.74, 6) is 0.815. The molecule has 0 bridgehead atoms. The lowest BCUT2D eigenvalue weighted by Gasteiger charge is -2.11. The van der Waals surface area contributed by atoms with Crippen LogP contribution in [0.1, 0.15) is 37.8 Å². The van der Waals surface area contributed by atoms with Crippen LogP contribution < -0.4 is 16.0 Å². The highest BCUT2D eigenvalue weighted by molar-refractivity contribution is 5.81. The number of carbonyl (C=O) groups excluding carboxylic acids is 1. The Balaban J connectivity index is 2.41. The molecule has 1 amide bonds. The third-order valence-corrected chi connectivity index (χ3v) is 3.10. The maximum Gasteiger partial charge on any atom is 0.221 e. The van der Waals surface area contributed by atoms with Crippen LogP contribution in [-0.4, -0.2) is 31.5 Å². The molecule has 0 aromatic heterocycles. The minimum absolute atomic E-state index is 0.0729. The fourth-order valence-electron chi connectivity index (χ4n) is 1.85. The molecule has 3 N–H and O–H groups in total. The first-order chi connectivity index (χ1) is 10.7. The van der Waals surface area contributed by atoms with E-state index >= 15 is 0 Å². The van der Waals surface area contributed by atoms with Crippen LogP contribution in [0.3, 0.4) is 0 Å². The van der Waals surface area contributed by atoms with Crippen LogP contribution >= 0.6 is 0 Å². The summed E-state index contributed by atoms with van der Waals surface area (Å²) in [4.78, 5) is 16.1. The van der Waals surface area contributed by atoms with Crippen molar-refractivity contribution in [1.29, 1.82) is 0 Å². The summed E-state index contributed by atoms with van der Waals surface area (Å²) in [7, 11) is 0. The van der Waals surface area contributed by atoms with Gasteiger partial charge in [-0.3, -0.25) is 4.79 Å². The van der Waals surface area contributed by atoms with Gasteiger partial charge in [0.15, 0.2) is 5.96 Å². The molecule has 0 atom stereocenters. The molecule has 22 heavy (non-hydrogen) atoms. The molecule has 1 rings (SSSR count). The van der Waals surface area contributed by atoms with E-state index in [1.807, 2.05) is 13.8 Å². The van der Waals surface area contributed by atoms with Gasteiger partial charge < -0.3 is 16.0 Å². The Labute approximate surface area is 133 Å². The van der Waals surface area contributed by atoms with Crippen molar-refractivity contribution in [2.45, 2.75) is 40.2 Å². The fourth-order valence-corrected chi connectivity index (χ4v) is 1.85. The van der Waals surface area contributed by atoms with E-state index in [0.717, 1.165) is 25.5 Å². The summed E-state index contributed by atoms with van der Waals surface area (Å²) in [6.07, 6.45) is 1.41. The Morgan fingerprint density at radius 2 is 1.77 bits per heavy atom. The van der Waals surface area contributed by atoms with E-state index in [0.29, 0.717) is 19.5 Å². The number of rotatable bonds is 8. The minimum Gasteiger partial charge on any atom is -0.357 e. The lowest BCUT2D eigenvalue weighted by molar-refractivity contribution is -0.120. The van der Waals surface area contributed by atoms with E-state index in [4.69, 9.17) is 0 Å². The topological polar surface area (TPSA) is 65.5 Å². The Kier molecular flexibility index (Phi) is 8.72. The van der Waals surface area contributed by atoms with Crippen molar-refractivity contribution in [3.8, 4) is 0 Å². The third-order valence-electron chi connectivity index (χ3n) is 3.10. The number of nitrogens with one attached hydrogen (secondary N) is 3. The van der Waals surface area contributed by atoms with Crippen LogP contribution in [0, 0.1) is 6.92 Å². The van der Waals surface area contributed by atoms with E-state index < -0.39 is 0 Å². The standard InChI is InChI=1S/C17H28N4O/c1-4-11-19-16(22)10-12-20-17(18-5-2)21-13-15-8-6-14(3)7-9-15/h6-9H,4-5,10-13H2,1-3H3,(H,19,22)(H2,18,20,21). The predicted octanol–water partition coefficient (Wildman–Crippen LogP) is 1.97. The van der Waals surface area contributed by atoms with Crippen LogP contribution in [-0.2, 0) is 11.3 Å². The van der Waals surface area contributed by atoms with Crippen molar-refractivity contribution < 1.29 is 4.79 Å². The Bertz CT molecular complexity index is 468. The van der Waals surface area contributed by atoms with E-state index in [9.17, 15) is 4.79 Å². The highest BCUT2D eigenvalue weighted by Gasteiger charge is 2.01. The number of hydrogen-bond donors (Lipinski definition) is 3. The van der Waals surface area contributed by atoms with Gasteiger partial charge in [-0.05, 0) is 25.8 Å². The maximum absolute atomic E-state index is 11.5. The van der Waals surface area contributed by atoms with Gasteiger partial charge in [0.05, 0.1) is 6.54 Å². The average Bonchev–Trinajstić information content (AvgIpc) is 2.52. The molecule has 0 aliphatic heterocycles. The number of aliphatic imine (C=N–C) groups is 1. The Morgan fingerprint density at radius 1 is 1.05 bits per heavy atom. The van der Waals surface area contributed by atoms with Crippen LogP contribution in [0.25, 0.3) is 0 Å². The third kappa shape index (κ3) is 7.67. The molecule has 0 aliphatic carbocycles. The molecule has 0 aliphatic rings. The van der Waals surface area contributed by atoms with Gasteiger partial charge in [0, 0.05) is 26.1 Å². The van der Waals surface area contributed by atoms with Gasteiger partial charge in [-0.15, -0.1) is 0 Å². The molecule has 1 aromatic carbocycles. The fraction of sp³-hybridized carbons (Fsp3) is 0.529. The molecule has 5 heteroatoms. The zero-order valence-electron chi connectivity index (χ0n) is 13.9. The molecule has 5 nitrogen and oxygen atoms in total. The van der Waals surface area contributed by atoms with Crippen molar-refractivity contribution >= 4 is 11.9 Å². The Morgan fingerprint density at radius 3 is 2.41 bits per heavy atom. The van der Waals surface area contributed by atoms with Crippen LogP contribution in [0.15, 0.2) is 29.3 Å². The van der Waals surface area contributed by atoms with E-state index in [2.05, 4.69) is 52.1 Å². The van der Waals surface area contributed by atoms with E-state index in [-0.39, 0.29) is 5.91 Å². The minimum atomic E-state index is 0.0729. The predicted molar refractivity (Wildman–Crippen MR) is 91.9 cm³/mol. The maximum atomic E-state index is 11.5. The first-order valence-electron chi connectivity index (χ1n) is 8.00. The van der Waals surface area contributed by atoms with Crippen molar-refractivity contribution in [3.05, 3.63) is 35.4 Å². The molecule has 0 unspecified atom stereocenters. The van der Waals surface area contributed by atoms with Gasteiger partial charge in [0.1, 0.15) is 0 Å². The smallest absolute Gasteiger partial charge is 0.221 e. The van der Waals surface area contributed by atoms with Gasteiger partial charge >= 0.3 is 0 Å². The van der Waals surface area contributed by atoms with Crippen LogP contribution in [0.5, 0.6) is 0 Å². The molecule has 1 aromatic rings. The zero-order valence-corrected chi connectivity index (χ0v) is 13.9. The molecular weight excluding hydrogens is 276 g/mol. The molecule has 122 valence electrons. The van der Waals surface area contributed by atoms with Crippen molar-refractivity contribution in [1.82, 2.24) is 16.0 Å². The first kappa shape index (κ1) is 18.0. The van der Waals surface area contributed by atoms with Gasteiger partial charge in [0.25, 0.3) is 0 Å². The lowest BCUT2D eigenvalue weighted by Crippen LogP contribution is -2.39. The van der Waals surface area contributed by atoms with Gasteiger partial charge in [-0.25, -0.2) is 4.99 Å². The van der Waals surface area contributed by atoms with E-state index in [1.54, 1.807) is 0 Å². The summed E-state index contributed by atoms with van der Waals surface area (Å²) in [6.45, 7) is 8.87. The molecule has 0 heterocycles. The van der Waals surface area contributed by atoms with Crippen LogP contribution in [0.2, 0.25) is 0 Å². The molecule has 0 saturated heterocycles. The number of hydrogen-bond acceptors (Lipinski definition) is 2. The first-order valence-corrected chi connectivity index (χ1v) is 8.00. The quantitative estimate of drug-likeness (QED) is 0.508.